The van der Waals surface area contributed by atoms with Gasteiger partial charge in [0, 0.05) is 25.1 Å². The molecule has 0 aliphatic carbocycles. The maximum absolute atomic E-state index is 12.5. The van der Waals surface area contributed by atoms with Gasteiger partial charge in [-0.2, -0.15) is 5.10 Å². The highest BCUT2D eigenvalue weighted by molar-refractivity contribution is 6.34. The second-order valence-corrected chi connectivity index (χ2v) is 4.48. The number of halogens is 1. The van der Waals surface area contributed by atoms with Crippen LogP contribution in [0, 0.1) is 6.92 Å². The molecule has 0 unspecified atom stereocenters. The number of rotatable bonds is 5. The van der Waals surface area contributed by atoms with Gasteiger partial charge in [-0.25, -0.2) is 0 Å². The average molecular weight is 280 g/mol. The Morgan fingerprint density at radius 1 is 1.47 bits per heavy atom. The Balaban J connectivity index is 2.39. The number of nitrogens with zero attached hydrogens (tertiary/aromatic N) is 3. The quantitative estimate of drug-likeness (QED) is 0.787. The van der Waals surface area contributed by atoms with Gasteiger partial charge in [0.1, 0.15) is 5.69 Å². The fraction of sp³-hybridized carbons (Fsp3) is 0.308. The van der Waals surface area contributed by atoms with E-state index in [1.54, 1.807) is 30.3 Å². The molecule has 0 radical (unpaired) electrons. The Morgan fingerprint density at radius 3 is 2.95 bits per heavy atom. The summed E-state index contributed by atoms with van der Waals surface area (Å²) >= 11 is 6.06. The molecular weight excluding hydrogens is 266 g/mol. The molecular formula is C13H14ClN3O2. The van der Waals surface area contributed by atoms with Gasteiger partial charge < -0.3 is 4.74 Å². The van der Waals surface area contributed by atoms with Crippen molar-refractivity contribution in [3.63, 3.8) is 0 Å². The summed E-state index contributed by atoms with van der Waals surface area (Å²) in [6.45, 7) is 2.80. The van der Waals surface area contributed by atoms with E-state index in [1.165, 1.54) is 6.20 Å². The molecule has 0 fully saturated rings. The van der Waals surface area contributed by atoms with Crippen molar-refractivity contribution in [2.24, 2.45) is 0 Å². The Hall–Kier alpha value is -1.72. The first-order valence-corrected chi connectivity index (χ1v) is 6.18. The molecule has 2 heterocycles. The normalized spacial score (nSPS) is 10.7. The Morgan fingerprint density at radius 2 is 2.26 bits per heavy atom. The third-order valence-electron chi connectivity index (χ3n) is 2.80. The molecule has 0 atom stereocenters. The number of aromatic nitrogens is 3. The van der Waals surface area contributed by atoms with Gasteiger partial charge in [-0.1, -0.05) is 11.6 Å². The Labute approximate surface area is 116 Å². The van der Waals surface area contributed by atoms with Gasteiger partial charge in [0.25, 0.3) is 0 Å². The van der Waals surface area contributed by atoms with Crippen LogP contribution in [-0.4, -0.2) is 34.3 Å². The Kier molecular flexibility index (Phi) is 4.29. The molecule has 2 rings (SSSR count). The summed E-state index contributed by atoms with van der Waals surface area (Å²) in [5.74, 6) is -0.177. The van der Waals surface area contributed by atoms with Crippen LogP contribution < -0.4 is 0 Å². The third-order valence-corrected chi connectivity index (χ3v) is 3.08. The largest absolute Gasteiger partial charge is 0.383 e. The Bertz CT molecular complexity index is 595. The van der Waals surface area contributed by atoms with E-state index in [9.17, 15) is 4.79 Å². The summed E-state index contributed by atoms with van der Waals surface area (Å²) in [6.07, 6.45) is 4.66. The van der Waals surface area contributed by atoms with Crippen LogP contribution in [0.5, 0.6) is 0 Å². The monoisotopic (exact) mass is 279 g/mol. The summed E-state index contributed by atoms with van der Waals surface area (Å²) in [5, 5.41) is 4.43. The molecule has 0 saturated carbocycles. The predicted octanol–water partition coefficient (Wildman–Crippen LogP) is 2.12. The molecule has 0 aliphatic rings. The number of aryl methyl sites for hydroxylation is 1. The number of ether oxygens (including phenoxy) is 1. The number of pyridine rings is 1. The van der Waals surface area contributed by atoms with E-state index >= 15 is 0 Å². The zero-order chi connectivity index (χ0) is 13.8. The SMILES string of the molecule is COCCn1ncc(Cl)c1C(=O)c1cnccc1C. The lowest BCUT2D eigenvalue weighted by atomic mass is 10.1. The molecule has 0 amide bonds. The van der Waals surface area contributed by atoms with Crippen molar-refractivity contribution in [1.29, 1.82) is 0 Å². The van der Waals surface area contributed by atoms with Crippen molar-refractivity contribution < 1.29 is 9.53 Å². The maximum Gasteiger partial charge on any atom is 0.214 e. The lowest BCUT2D eigenvalue weighted by Gasteiger charge is -2.08. The standard InChI is InChI=1S/C13H14ClN3O2/c1-9-3-4-15-7-10(9)13(18)12-11(14)8-16-17(12)5-6-19-2/h3-4,7-8H,5-6H2,1-2H3. The van der Waals surface area contributed by atoms with E-state index < -0.39 is 0 Å². The number of carbonyl (C=O) groups excluding carboxylic acids is 1. The van der Waals surface area contributed by atoms with Crippen molar-refractivity contribution in [2.75, 3.05) is 13.7 Å². The topological polar surface area (TPSA) is 57.0 Å². The van der Waals surface area contributed by atoms with E-state index in [0.717, 1.165) is 5.56 Å². The predicted molar refractivity (Wildman–Crippen MR) is 71.5 cm³/mol. The van der Waals surface area contributed by atoms with Crippen LogP contribution in [0.4, 0.5) is 0 Å². The minimum atomic E-state index is -0.177. The summed E-state index contributed by atoms with van der Waals surface area (Å²) in [4.78, 5) is 16.5. The fourth-order valence-electron chi connectivity index (χ4n) is 1.76. The molecule has 0 saturated heterocycles. The van der Waals surface area contributed by atoms with Crippen molar-refractivity contribution in [2.45, 2.75) is 13.5 Å². The van der Waals surface area contributed by atoms with Crippen molar-refractivity contribution in [3.8, 4) is 0 Å². The smallest absolute Gasteiger partial charge is 0.214 e. The number of hydrogen-bond donors (Lipinski definition) is 0. The van der Waals surface area contributed by atoms with E-state index in [2.05, 4.69) is 10.1 Å². The van der Waals surface area contributed by atoms with Gasteiger partial charge in [0.15, 0.2) is 0 Å². The summed E-state index contributed by atoms with van der Waals surface area (Å²) in [6, 6.07) is 1.79. The summed E-state index contributed by atoms with van der Waals surface area (Å²) in [7, 11) is 1.60. The molecule has 0 N–H and O–H groups in total. The van der Waals surface area contributed by atoms with Crippen molar-refractivity contribution >= 4 is 17.4 Å². The lowest BCUT2D eigenvalue weighted by molar-refractivity contribution is 0.102. The van der Waals surface area contributed by atoms with E-state index in [0.29, 0.717) is 29.4 Å². The molecule has 0 bridgehead atoms. The van der Waals surface area contributed by atoms with Gasteiger partial charge in [-0.3, -0.25) is 14.5 Å². The molecule has 5 nitrogen and oxygen atoms in total. The molecule has 0 spiro atoms. The second-order valence-electron chi connectivity index (χ2n) is 4.08. The van der Waals surface area contributed by atoms with Crippen LogP contribution in [0.25, 0.3) is 0 Å². The molecule has 2 aromatic rings. The number of methoxy groups -OCH3 is 1. The zero-order valence-electron chi connectivity index (χ0n) is 10.8. The molecule has 0 aliphatic heterocycles. The molecule has 0 aromatic carbocycles. The van der Waals surface area contributed by atoms with Crippen LogP contribution in [0.1, 0.15) is 21.6 Å². The van der Waals surface area contributed by atoms with E-state index in [-0.39, 0.29) is 5.78 Å². The number of hydrogen-bond acceptors (Lipinski definition) is 4. The highest BCUT2D eigenvalue weighted by Gasteiger charge is 2.20. The fourth-order valence-corrected chi connectivity index (χ4v) is 1.99. The minimum Gasteiger partial charge on any atom is -0.383 e. The van der Waals surface area contributed by atoms with Crippen LogP contribution in [-0.2, 0) is 11.3 Å². The van der Waals surface area contributed by atoms with Crippen molar-refractivity contribution in [1.82, 2.24) is 14.8 Å². The van der Waals surface area contributed by atoms with Crippen LogP contribution >= 0.6 is 11.6 Å². The van der Waals surface area contributed by atoms with Crippen molar-refractivity contribution in [3.05, 3.63) is 46.5 Å². The second kappa shape index (κ2) is 5.95. The van der Waals surface area contributed by atoms with Gasteiger partial charge >= 0.3 is 0 Å². The average Bonchev–Trinajstić information content (AvgIpc) is 2.77. The van der Waals surface area contributed by atoms with Gasteiger partial charge in [0.2, 0.25) is 5.78 Å². The minimum absolute atomic E-state index is 0.177. The van der Waals surface area contributed by atoms with Crippen LogP contribution in [0.15, 0.2) is 24.7 Å². The number of carbonyl (C=O) groups is 1. The van der Waals surface area contributed by atoms with E-state index in [4.69, 9.17) is 16.3 Å². The van der Waals surface area contributed by atoms with Gasteiger partial charge in [0.05, 0.1) is 24.4 Å². The first kappa shape index (κ1) is 13.7. The zero-order valence-corrected chi connectivity index (χ0v) is 11.5. The molecule has 2 aromatic heterocycles. The molecule has 6 heteroatoms. The maximum atomic E-state index is 12.5. The molecule has 100 valence electrons. The first-order valence-electron chi connectivity index (χ1n) is 5.80. The first-order chi connectivity index (χ1) is 9.15. The van der Waals surface area contributed by atoms with E-state index in [1.807, 2.05) is 6.92 Å². The third kappa shape index (κ3) is 2.83. The summed E-state index contributed by atoms with van der Waals surface area (Å²) < 4.78 is 6.55. The van der Waals surface area contributed by atoms with Crippen LogP contribution in [0.3, 0.4) is 0 Å². The van der Waals surface area contributed by atoms with Gasteiger partial charge in [-0.05, 0) is 18.6 Å². The number of ketones is 1. The summed E-state index contributed by atoms with van der Waals surface area (Å²) in [5.41, 5.74) is 1.76. The van der Waals surface area contributed by atoms with Gasteiger partial charge in [-0.15, -0.1) is 0 Å². The highest BCUT2D eigenvalue weighted by atomic mass is 35.5. The highest BCUT2D eigenvalue weighted by Crippen LogP contribution is 2.20. The molecule has 19 heavy (non-hydrogen) atoms. The lowest BCUT2D eigenvalue weighted by Crippen LogP contribution is -2.15. The van der Waals surface area contributed by atoms with Crippen LogP contribution in [0.2, 0.25) is 5.02 Å².